The highest BCUT2D eigenvalue weighted by molar-refractivity contribution is 7.78. The Morgan fingerprint density at radius 1 is 1.11 bits per heavy atom. The van der Waals surface area contributed by atoms with E-state index in [1.54, 1.807) is 12.1 Å². The first-order valence-electron chi connectivity index (χ1n) is 8.67. The van der Waals surface area contributed by atoms with Gasteiger partial charge in [-0.15, -0.1) is 0 Å². The van der Waals surface area contributed by atoms with Crippen LogP contribution in [0.1, 0.15) is 23.7 Å². The lowest BCUT2D eigenvalue weighted by molar-refractivity contribution is -0.114. The van der Waals surface area contributed by atoms with E-state index in [0.29, 0.717) is 11.6 Å². The van der Waals surface area contributed by atoms with E-state index in [2.05, 4.69) is 10.3 Å². The first-order valence-corrected chi connectivity index (χ1v) is 10.7. The summed E-state index contributed by atoms with van der Waals surface area (Å²) >= 11 is -0.703. The van der Waals surface area contributed by atoms with Crippen LogP contribution in [0.4, 0.5) is 10.8 Å². The third-order valence-electron chi connectivity index (χ3n) is 4.11. The van der Waals surface area contributed by atoms with Crippen molar-refractivity contribution in [3.8, 4) is 10.4 Å². The maximum Gasteiger partial charge on any atom is 0.223 e. The lowest BCUT2D eigenvalue weighted by Crippen LogP contribution is -2.05. The van der Waals surface area contributed by atoms with Crippen molar-refractivity contribution >= 4 is 39.1 Å². The molecule has 1 atom stereocenters. The molecule has 0 saturated heterocycles. The number of amides is 1. The Morgan fingerprint density at radius 2 is 1.75 bits per heavy atom. The second kappa shape index (κ2) is 9.09. The van der Waals surface area contributed by atoms with E-state index < -0.39 is 11.1 Å². The zero-order chi connectivity index (χ0) is 20.1. The number of aryl methyl sites for hydroxylation is 2. The molecule has 1 amide bonds. The van der Waals surface area contributed by atoms with Gasteiger partial charge in [-0.1, -0.05) is 58.8 Å². The molecule has 28 heavy (non-hydrogen) atoms. The van der Waals surface area contributed by atoms with Crippen molar-refractivity contribution in [2.75, 3.05) is 11.1 Å². The summed E-state index contributed by atoms with van der Waals surface area (Å²) in [7, 11) is 0. The fourth-order valence-electron chi connectivity index (χ4n) is 2.79. The van der Waals surface area contributed by atoms with Gasteiger partial charge in [-0.3, -0.25) is 9.00 Å². The van der Waals surface area contributed by atoms with E-state index in [0.717, 1.165) is 39.4 Å². The number of benzene rings is 2. The van der Waals surface area contributed by atoms with Crippen LogP contribution in [0.2, 0.25) is 0 Å². The van der Waals surface area contributed by atoms with Gasteiger partial charge in [0.2, 0.25) is 5.91 Å². The van der Waals surface area contributed by atoms with Crippen molar-refractivity contribution in [1.82, 2.24) is 4.98 Å². The molecule has 0 radical (unpaired) electrons. The summed E-state index contributed by atoms with van der Waals surface area (Å²) in [6, 6.07) is 15.1. The number of nitrogen functional groups attached to an aromatic ring is 1. The monoisotopic (exact) mass is 414 g/mol. The van der Waals surface area contributed by atoms with Gasteiger partial charge < -0.3 is 15.6 Å². The van der Waals surface area contributed by atoms with E-state index in [1.165, 1.54) is 18.3 Å². The molecule has 0 spiro atoms. The highest BCUT2D eigenvalue weighted by Crippen LogP contribution is 2.34. The van der Waals surface area contributed by atoms with E-state index >= 15 is 0 Å². The number of hydrogen-bond donors (Lipinski definition) is 2. The van der Waals surface area contributed by atoms with Gasteiger partial charge in [0.25, 0.3) is 0 Å². The molecule has 6 nitrogen and oxygen atoms in total. The molecule has 0 bridgehead atoms. The number of nitrogens with one attached hydrogen (secondary N) is 1. The molecule has 1 aromatic heterocycles. The Kier molecular flexibility index (Phi) is 6.56. The summed E-state index contributed by atoms with van der Waals surface area (Å²) in [5.41, 5.74) is 10.2. The Hall–Kier alpha value is -2.55. The van der Waals surface area contributed by atoms with E-state index in [9.17, 15) is 13.6 Å². The van der Waals surface area contributed by atoms with Gasteiger partial charge in [0.1, 0.15) is 0 Å². The number of aromatic nitrogens is 1. The number of nitrogens with zero attached hydrogens (tertiary/aromatic N) is 1. The molecule has 146 valence electrons. The van der Waals surface area contributed by atoms with Crippen LogP contribution in [-0.4, -0.2) is 19.7 Å². The molecule has 1 heterocycles. The minimum Gasteiger partial charge on any atom is -0.772 e. The van der Waals surface area contributed by atoms with Crippen molar-refractivity contribution in [2.24, 2.45) is 0 Å². The quantitative estimate of drug-likeness (QED) is 0.454. The average Bonchev–Trinajstić information content (AvgIpc) is 3.03. The molecule has 0 fully saturated rings. The second-order valence-corrected chi connectivity index (χ2v) is 8.26. The minimum absolute atomic E-state index is 0.00981. The first kappa shape index (κ1) is 20.2. The first-order chi connectivity index (χ1) is 13.4. The van der Waals surface area contributed by atoms with Crippen LogP contribution >= 0.6 is 11.3 Å². The Balaban J connectivity index is 1.85. The zero-order valence-corrected chi connectivity index (χ0v) is 16.9. The standard InChI is InChI=1S/C20H21N3O3S2/c1-13(24)22-20-23-18(11-6-14-4-9-17(21)10-5-14)19(27-20)16-7-2-15(3-8-16)12-28(25)26/h2-5,7-10H,6,11-12,21H2,1H3,(H,25,26)(H,22,23,24)/p-1. The largest absolute Gasteiger partial charge is 0.772 e. The van der Waals surface area contributed by atoms with Gasteiger partial charge >= 0.3 is 0 Å². The second-order valence-electron chi connectivity index (χ2n) is 6.36. The van der Waals surface area contributed by atoms with Gasteiger partial charge in [0.15, 0.2) is 5.13 Å². The van der Waals surface area contributed by atoms with Gasteiger partial charge in [0.05, 0.1) is 10.6 Å². The predicted octanol–water partition coefficient (Wildman–Crippen LogP) is 3.52. The maximum absolute atomic E-state index is 11.4. The number of hydrogen-bond acceptors (Lipinski definition) is 6. The predicted molar refractivity (Wildman–Crippen MR) is 113 cm³/mol. The Labute approximate surface area is 170 Å². The number of carbonyl (C=O) groups is 1. The third-order valence-corrected chi connectivity index (χ3v) is 5.74. The van der Waals surface area contributed by atoms with Gasteiger partial charge in [-0.05, 0) is 41.7 Å². The number of anilines is 2. The summed E-state index contributed by atoms with van der Waals surface area (Å²) in [5.74, 6) is -0.178. The van der Waals surface area contributed by atoms with Crippen LogP contribution in [0.25, 0.3) is 10.4 Å². The molecule has 3 N–H and O–H groups in total. The fraction of sp³-hybridized carbons (Fsp3) is 0.200. The Bertz CT molecular complexity index is 983. The van der Waals surface area contributed by atoms with Gasteiger partial charge in [0, 0.05) is 18.4 Å². The molecule has 0 saturated carbocycles. The molecule has 3 aromatic rings. The van der Waals surface area contributed by atoms with Crippen molar-refractivity contribution in [3.63, 3.8) is 0 Å². The molecule has 0 aliphatic heterocycles. The maximum atomic E-state index is 11.4. The summed E-state index contributed by atoms with van der Waals surface area (Å²) in [6.07, 6.45) is 1.51. The summed E-state index contributed by atoms with van der Waals surface area (Å²) < 4.78 is 21.7. The number of thiazole rings is 1. The Morgan fingerprint density at radius 3 is 2.36 bits per heavy atom. The molecule has 8 heteroatoms. The van der Waals surface area contributed by atoms with Crippen LogP contribution in [0.3, 0.4) is 0 Å². The lowest BCUT2D eigenvalue weighted by Gasteiger charge is -2.07. The molecular formula is C20H20N3O3S2-. The van der Waals surface area contributed by atoms with E-state index in [4.69, 9.17) is 5.73 Å². The van der Waals surface area contributed by atoms with Crippen LogP contribution in [-0.2, 0) is 34.5 Å². The molecule has 0 aliphatic rings. The van der Waals surface area contributed by atoms with Crippen LogP contribution in [0, 0.1) is 0 Å². The summed E-state index contributed by atoms with van der Waals surface area (Å²) in [5, 5.41) is 3.30. The molecule has 0 aliphatic carbocycles. The topological polar surface area (TPSA) is 108 Å². The number of nitrogens with two attached hydrogens (primary N) is 1. The highest BCUT2D eigenvalue weighted by atomic mass is 32.2. The molecular weight excluding hydrogens is 394 g/mol. The number of rotatable bonds is 7. The average molecular weight is 415 g/mol. The fourth-order valence-corrected chi connectivity index (χ4v) is 4.31. The van der Waals surface area contributed by atoms with Crippen molar-refractivity contribution in [1.29, 1.82) is 0 Å². The summed E-state index contributed by atoms with van der Waals surface area (Å²) in [6.45, 7) is 1.45. The SMILES string of the molecule is CC(=O)Nc1nc(CCc2ccc(N)cc2)c(-c2ccc(CS(=O)[O-])cc2)s1. The summed E-state index contributed by atoms with van der Waals surface area (Å²) in [4.78, 5) is 17.0. The highest BCUT2D eigenvalue weighted by Gasteiger charge is 2.14. The number of carbonyl (C=O) groups excluding carboxylic acids is 1. The van der Waals surface area contributed by atoms with Crippen LogP contribution in [0.5, 0.6) is 0 Å². The molecule has 3 rings (SSSR count). The zero-order valence-electron chi connectivity index (χ0n) is 15.3. The van der Waals surface area contributed by atoms with E-state index in [-0.39, 0.29) is 11.7 Å². The van der Waals surface area contributed by atoms with Gasteiger partial charge in [-0.25, -0.2) is 4.98 Å². The van der Waals surface area contributed by atoms with E-state index in [1.807, 2.05) is 36.4 Å². The normalized spacial score (nSPS) is 11.9. The minimum atomic E-state index is -2.12. The smallest absolute Gasteiger partial charge is 0.223 e. The van der Waals surface area contributed by atoms with Crippen LogP contribution < -0.4 is 11.1 Å². The molecule has 2 aromatic carbocycles. The van der Waals surface area contributed by atoms with Gasteiger partial charge in [-0.2, -0.15) is 0 Å². The lowest BCUT2D eigenvalue weighted by atomic mass is 10.0. The third kappa shape index (κ3) is 5.48. The molecule has 1 unspecified atom stereocenters. The van der Waals surface area contributed by atoms with Crippen molar-refractivity contribution in [3.05, 3.63) is 65.4 Å². The van der Waals surface area contributed by atoms with Crippen molar-refractivity contribution < 1.29 is 13.6 Å². The van der Waals surface area contributed by atoms with Crippen molar-refractivity contribution in [2.45, 2.75) is 25.5 Å². The van der Waals surface area contributed by atoms with Crippen LogP contribution in [0.15, 0.2) is 48.5 Å².